The average molecular weight is 476 g/mol. The number of nitrogens with zero attached hydrogens (tertiary/aromatic N) is 3. The maximum Gasteiger partial charge on any atom is 0.243 e. The number of sulfonamides is 1. The second-order valence-corrected chi connectivity index (χ2v) is 11.0. The first kappa shape index (κ1) is 23.8. The van der Waals surface area contributed by atoms with E-state index in [4.69, 9.17) is 4.52 Å². The number of aryl methyl sites for hydroxylation is 2. The van der Waals surface area contributed by atoms with E-state index in [1.807, 2.05) is 0 Å². The van der Waals surface area contributed by atoms with Crippen LogP contribution in [0.25, 0.3) is 0 Å². The second-order valence-electron chi connectivity index (χ2n) is 9.13. The highest BCUT2D eigenvalue weighted by atomic mass is 32.2. The van der Waals surface area contributed by atoms with Crippen LogP contribution in [0.15, 0.2) is 27.6 Å². The fourth-order valence-electron chi connectivity index (χ4n) is 4.78. The molecule has 2 aromatic rings. The van der Waals surface area contributed by atoms with Crippen molar-refractivity contribution in [2.45, 2.75) is 75.6 Å². The van der Waals surface area contributed by atoms with Gasteiger partial charge in [0.15, 0.2) is 5.82 Å². The number of carbonyl (C=O) groups excluding carboxylic acids is 1. The summed E-state index contributed by atoms with van der Waals surface area (Å²) in [6.07, 6.45) is 7.59. The van der Waals surface area contributed by atoms with Crippen molar-refractivity contribution in [1.29, 1.82) is 0 Å². The summed E-state index contributed by atoms with van der Waals surface area (Å²) in [6.45, 7) is 4.69. The van der Waals surface area contributed by atoms with Gasteiger partial charge >= 0.3 is 0 Å². The van der Waals surface area contributed by atoms with Gasteiger partial charge in [0.25, 0.3) is 0 Å². The average Bonchev–Trinajstić information content (AvgIpc) is 3.35. The van der Waals surface area contributed by atoms with Crippen LogP contribution < -0.4 is 10.6 Å². The number of benzene rings is 1. The van der Waals surface area contributed by atoms with Crippen LogP contribution in [0.2, 0.25) is 0 Å². The van der Waals surface area contributed by atoms with Gasteiger partial charge in [0, 0.05) is 25.7 Å². The summed E-state index contributed by atoms with van der Waals surface area (Å²) in [5, 5.41) is 10.3. The van der Waals surface area contributed by atoms with E-state index >= 15 is 0 Å². The minimum absolute atomic E-state index is 0.0652. The Hall–Kier alpha value is -2.30. The largest absolute Gasteiger partial charge is 0.340 e. The molecule has 1 aliphatic heterocycles. The predicted octanol–water partition coefficient (Wildman–Crippen LogP) is 3.25. The van der Waals surface area contributed by atoms with Crippen LogP contribution in [0.1, 0.15) is 68.6 Å². The van der Waals surface area contributed by atoms with Gasteiger partial charge in [-0.05, 0) is 50.3 Å². The molecular formula is C23H33N5O4S. The number of hydrogen-bond donors (Lipinski definition) is 2. The van der Waals surface area contributed by atoms with Crippen LogP contribution >= 0.6 is 0 Å². The van der Waals surface area contributed by atoms with Gasteiger partial charge in [-0.15, -0.1) is 0 Å². The zero-order valence-electron chi connectivity index (χ0n) is 19.4. The molecule has 2 heterocycles. The van der Waals surface area contributed by atoms with Crippen LogP contribution in [-0.4, -0.2) is 48.4 Å². The Morgan fingerprint density at radius 2 is 1.79 bits per heavy atom. The molecule has 0 bridgehead atoms. The number of anilines is 1. The third-order valence-electron chi connectivity index (χ3n) is 6.65. The molecule has 2 fully saturated rings. The normalized spacial score (nSPS) is 19.3. The molecule has 2 N–H and O–H groups in total. The maximum absolute atomic E-state index is 13.3. The number of nitrogens with one attached hydrogen (secondary N) is 2. The van der Waals surface area contributed by atoms with E-state index in [1.165, 1.54) is 0 Å². The Labute approximate surface area is 195 Å². The van der Waals surface area contributed by atoms with Gasteiger partial charge in [-0.3, -0.25) is 10.1 Å². The van der Waals surface area contributed by atoms with Gasteiger partial charge in [0.1, 0.15) is 0 Å². The monoisotopic (exact) mass is 475 g/mol. The van der Waals surface area contributed by atoms with Gasteiger partial charge in [0.2, 0.25) is 21.8 Å². The van der Waals surface area contributed by atoms with Crippen molar-refractivity contribution in [2.24, 2.45) is 0 Å². The van der Waals surface area contributed by atoms with Crippen LogP contribution in [0.5, 0.6) is 0 Å². The minimum Gasteiger partial charge on any atom is -0.340 e. The van der Waals surface area contributed by atoms with Gasteiger partial charge < -0.3 is 9.84 Å². The number of carbonyl (C=O) groups is 1. The predicted molar refractivity (Wildman–Crippen MR) is 124 cm³/mol. The number of rotatable bonds is 7. The molecule has 0 atom stereocenters. The fraction of sp³-hybridized carbons (Fsp3) is 0.609. The molecule has 1 amide bonds. The highest BCUT2D eigenvalue weighted by Gasteiger charge is 2.39. The first-order valence-electron chi connectivity index (χ1n) is 11.8. The first-order chi connectivity index (χ1) is 15.8. The minimum atomic E-state index is -3.60. The maximum atomic E-state index is 13.3. The van der Waals surface area contributed by atoms with E-state index < -0.39 is 15.6 Å². The molecule has 0 radical (unpaired) electrons. The van der Waals surface area contributed by atoms with Gasteiger partial charge in [0.05, 0.1) is 17.0 Å². The van der Waals surface area contributed by atoms with Crippen molar-refractivity contribution < 1.29 is 17.7 Å². The van der Waals surface area contributed by atoms with E-state index in [0.717, 1.165) is 51.4 Å². The lowest BCUT2D eigenvalue weighted by Crippen LogP contribution is -2.44. The third kappa shape index (κ3) is 5.28. The molecule has 1 aromatic carbocycles. The lowest BCUT2D eigenvalue weighted by molar-refractivity contribution is -0.115. The molecule has 10 heteroatoms. The Kier molecular flexibility index (Phi) is 7.16. The molecule has 1 aromatic heterocycles. The zero-order chi connectivity index (χ0) is 23.5. The van der Waals surface area contributed by atoms with Crippen molar-refractivity contribution in [1.82, 2.24) is 19.8 Å². The first-order valence-corrected chi connectivity index (χ1v) is 13.2. The molecular weight excluding hydrogens is 442 g/mol. The highest BCUT2D eigenvalue weighted by molar-refractivity contribution is 7.89. The quantitative estimate of drug-likeness (QED) is 0.631. The topological polar surface area (TPSA) is 117 Å². The summed E-state index contributed by atoms with van der Waals surface area (Å²) >= 11 is 0. The molecule has 33 heavy (non-hydrogen) atoms. The Morgan fingerprint density at radius 3 is 2.42 bits per heavy atom. The molecule has 0 spiro atoms. The third-order valence-corrected chi connectivity index (χ3v) is 8.70. The van der Waals surface area contributed by atoms with Crippen LogP contribution in [0, 0.1) is 13.8 Å². The van der Waals surface area contributed by atoms with Gasteiger partial charge in [-0.2, -0.15) is 9.29 Å². The molecule has 1 saturated carbocycles. The number of amides is 1. The summed E-state index contributed by atoms with van der Waals surface area (Å²) in [7, 11) is -3.60. The molecule has 1 aliphatic carbocycles. The summed E-state index contributed by atoms with van der Waals surface area (Å²) < 4.78 is 33.3. The molecule has 2 aliphatic rings. The molecule has 180 valence electrons. The van der Waals surface area contributed by atoms with Crippen LogP contribution in [0.4, 0.5) is 5.69 Å². The van der Waals surface area contributed by atoms with Crippen LogP contribution in [0.3, 0.4) is 0 Å². The summed E-state index contributed by atoms with van der Waals surface area (Å²) in [5.41, 5.74) is 0.674. The van der Waals surface area contributed by atoms with Crippen molar-refractivity contribution in [2.75, 3.05) is 25.0 Å². The second kappa shape index (κ2) is 9.90. The smallest absolute Gasteiger partial charge is 0.243 e. The van der Waals surface area contributed by atoms with E-state index in [-0.39, 0.29) is 17.3 Å². The highest BCUT2D eigenvalue weighted by Crippen LogP contribution is 2.37. The Bertz CT molecular complexity index is 1080. The van der Waals surface area contributed by atoms with Crippen molar-refractivity contribution in [3.05, 3.63) is 35.5 Å². The molecule has 0 unspecified atom stereocenters. The van der Waals surface area contributed by atoms with Crippen molar-refractivity contribution in [3.8, 4) is 0 Å². The lowest BCUT2D eigenvalue weighted by Gasteiger charge is -2.26. The van der Waals surface area contributed by atoms with Crippen molar-refractivity contribution >= 4 is 21.6 Å². The Balaban J connectivity index is 1.45. The number of hydrogen-bond acceptors (Lipinski definition) is 7. The van der Waals surface area contributed by atoms with E-state index in [0.29, 0.717) is 36.1 Å². The van der Waals surface area contributed by atoms with Crippen LogP contribution in [-0.2, 0) is 20.4 Å². The standard InChI is InChI=1S/C23H33N5O4S/c1-17-9-10-19(15-20(17)33(30,31)28-13-7-3-4-8-14-28)26-21(29)16-24-23(11-5-6-12-23)22-25-18(2)32-27-22/h9-10,15,24H,3-8,11-14,16H2,1-2H3,(H,26,29). The Morgan fingerprint density at radius 1 is 1.09 bits per heavy atom. The number of aromatic nitrogens is 2. The molecule has 9 nitrogen and oxygen atoms in total. The fourth-order valence-corrected chi connectivity index (χ4v) is 6.55. The molecule has 1 saturated heterocycles. The SMILES string of the molecule is Cc1nc(C2(NCC(=O)Nc3ccc(C)c(S(=O)(=O)N4CCCCCC4)c3)CCCC2)no1. The van der Waals surface area contributed by atoms with E-state index in [9.17, 15) is 13.2 Å². The summed E-state index contributed by atoms with van der Waals surface area (Å²) in [6, 6.07) is 5.05. The van der Waals surface area contributed by atoms with E-state index in [1.54, 1.807) is 36.4 Å². The summed E-state index contributed by atoms with van der Waals surface area (Å²) in [4.78, 5) is 17.4. The van der Waals surface area contributed by atoms with Gasteiger partial charge in [-0.1, -0.05) is 36.9 Å². The van der Waals surface area contributed by atoms with Crippen molar-refractivity contribution in [3.63, 3.8) is 0 Å². The summed E-state index contributed by atoms with van der Waals surface area (Å²) in [5.74, 6) is 0.843. The van der Waals surface area contributed by atoms with E-state index in [2.05, 4.69) is 20.8 Å². The molecule has 4 rings (SSSR count). The lowest BCUT2D eigenvalue weighted by atomic mass is 9.96. The van der Waals surface area contributed by atoms with Gasteiger partial charge in [-0.25, -0.2) is 8.42 Å². The zero-order valence-corrected chi connectivity index (χ0v) is 20.2.